The van der Waals surface area contributed by atoms with Crippen LogP contribution < -0.4 is 0 Å². The van der Waals surface area contributed by atoms with E-state index in [0.717, 1.165) is 11.0 Å². The van der Waals surface area contributed by atoms with Crippen LogP contribution in [0.3, 0.4) is 0 Å². The lowest BCUT2D eigenvalue weighted by Crippen LogP contribution is -2.02. The number of hydrogen-bond donors (Lipinski definition) is 0. The molecule has 0 fully saturated rings. The summed E-state index contributed by atoms with van der Waals surface area (Å²) in [6, 6.07) is 10.2. The monoisotopic (exact) mass is 321 g/mol. The molecule has 0 spiro atoms. The number of halogens is 2. The van der Waals surface area contributed by atoms with E-state index in [2.05, 4.69) is 4.98 Å². The van der Waals surface area contributed by atoms with Crippen molar-refractivity contribution in [3.05, 3.63) is 62.4 Å². The highest BCUT2D eigenvalue weighted by Gasteiger charge is 2.21. The third-order valence-electron chi connectivity index (χ3n) is 3.18. The van der Waals surface area contributed by atoms with Gasteiger partial charge in [0.25, 0.3) is 5.69 Å². The zero-order chi connectivity index (χ0) is 15.1. The predicted molar refractivity (Wildman–Crippen MR) is 82.5 cm³/mol. The molecule has 21 heavy (non-hydrogen) atoms. The number of nitro groups is 1. The third-order valence-corrected chi connectivity index (χ3v) is 3.91. The van der Waals surface area contributed by atoms with Gasteiger partial charge in [-0.3, -0.25) is 14.7 Å². The largest absolute Gasteiger partial charge is 0.294 e. The first kappa shape index (κ1) is 13.9. The topological polar surface area (TPSA) is 61.0 Å². The van der Waals surface area contributed by atoms with Gasteiger partial charge in [0.2, 0.25) is 0 Å². The Kier molecular flexibility index (Phi) is 3.31. The fourth-order valence-corrected chi connectivity index (χ4v) is 2.62. The number of nitro benzene ring substituents is 1. The van der Waals surface area contributed by atoms with E-state index < -0.39 is 4.92 Å². The van der Waals surface area contributed by atoms with Crippen molar-refractivity contribution < 1.29 is 4.92 Å². The van der Waals surface area contributed by atoms with E-state index >= 15 is 0 Å². The molecule has 0 aliphatic rings. The minimum Gasteiger partial charge on any atom is -0.290 e. The molecule has 0 saturated heterocycles. The molecule has 0 aliphatic heterocycles. The highest BCUT2D eigenvalue weighted by Crippen LogP contribution is 2.35. The number of rotatable bonds is 2. The summed E-state index contributed by atoms with van der Waals surface area (Å²) in [6.45, 7) is 1.78. The fraction of sp³-hybridized carbons (Fsp3) is 0.0714. The Morgan fingerprint density at radius 3 is 2.57 bits per heavy atom. The highest BCUT2D eigenvalue weighted by atomic mass is 35.5. The van der Waals surface area contributed by atoms with Crippen LogP contribution in [0.2, 0.25) is 10.0 Å². The van der Waals surface area contributed by atoms with Crippen molar-refractivity contribution in [2.24, 2.45) is 0 Å². The first-order valence-electron chi connectivity index (χ1n) is 6.07. The highest BCUT2D eigenvalue weighted by molar-refractivity contribution is 6.42. The summed E-state index contributed by atoms with van der Waals surface area (Å²) in [5.74, 6) is 0.637. The summed E-state index contributed by atoms with van der Waals surface area (Å²) in [6.07, 6.45) is 0. The molecule has 3 rings (SSSR count). The molecule has 3 aromatic rings. The van der Waals surface area contributed by atoms with Crippen molar-refractivity contribution in [1.82, 2.24) is 9.55 Å². The molecule has 0 radical (unpaired) electrons. The Morgan fingerprint density at radius 2 is 1.86 bits per heavy atom. The molecular formula is C14H9Cl2N3O2. The second-order valence-corrected chi connectivity index (χ2v) is 5.31. The molecule has 1 aromatic heterocycles. The lowest BCUT2D eigenvalue weighted by molar-refractivity contribution is -0.384. The fourth-order valence-electron chi connectivity index (χ4n) is 2.30. The SMILES string of the molecule is Cc1nc2ccccc2n1-c1cc(Cl)c(Cl)cc1[N+](=O)[O-]. The van der Waals surface area contributed by atoms with Crippen molar-refractivity contribution in [2.45, 2.75) is 6.92 Å². The van der Waals surface area contributed by atoms with Crippen LogP contribution in [0.4, 0.5) is 5.69 Å². The second kappa shape index (κ2) is 5.02. The molecule has 0 saturated carbocycles. The molecule has 1 heterocycles. The number of imidazole rings is 1. The first-order valence-corrected chi connectivity index (χ1v) is 6.82. The van der Waals surface area contributed by atoms with Gasteiger partial charge in [-0.05, 0) is 25.1 Å². The summed E-state index contributed by atoms with van der Waals surface area (Å²) < 4.78 is 1.70. The van der Waals surface area contributed by atoms with E-state index in [9.17, 15) is 10.1 Å². The molecule has 106 valence electrons. The summed E-state index contributed by atoms with van der Waals surface area (Å²) in [5, 5.41) is 11.7. The predicted octanol–water partition coefficient (Wildman–Crippen LogP) is 4.55. The number of benzene rings is 2. The summed E-state index contributed by atoms with van der Waals surface area (Å²) in [7, 11) is 0. The number of aryl methyl sites for hydroxylation is 1. The van der Waals surface area contributed by atoms with Gasteiger partial charge in [0, 0.05) is 6.07 Å². The van der Waals surface area contributed by atoms with Crippen LogP contribution in [0.15, 0.2) is 36.4 Å². The van der Waals surface area contributed by atoms with Gasteiger partial charge in [-0.2, -0.15) is 0 Å². The Bertz CT molecular complexity index is 874. The maximum Gasteiger partial charge on any atom is 0.294 e. The Hall–Kier alpha value is -2.11. The van der Waals surface area contributed by atoms with Crippen molar-refractivity contribution >= 4 is 39.9 Å². The summed E-state index contributed by atoms with van der Waals surface area (Å²) >= 11 is 11.9. The number of para-hydroxylation sites is 2. The Labute approximate surface area is 129 Å². The van der Waals surface area contributed by atoms with Gasteiger partial charge in [-0.1, -0.05) is 35.3 Å². The lowest BCUT2D eigenvalue weighted by Gasteiger charge is -2.09. The molecular weight excluding hydrogens is 313 g/mol. The molecule has 0 N–H and O–H groups in total. The van der Waals surface area contributed by atoms with Gasteiger partial charge >= 0.3 is 0 Å². The van der Waals surface area contributed by atoms with Gasteiger partial charge in [-0.15, -0.1) is 0 Å². The van der Waals surface area contributed by atoms with Crippen molar-refractivity contribution in [2.75, 3.05) is 0 Å². The summed E-state index contributed by atoms with van der Waals surface area (Å²) in [4.78, 5) is 15.2. The molecule has 5 nitrogen and oxygen atoms in total. The van der Waals surface area contributed by atoms with Crippen molar-refractivity contribution in [3.8, 4) is 5.69 Å². The quantitative estimate of drug-likeness (QED) is 0.514. The standard InChI is InChI=1S/C14H9Cl2N3O2/c1-8-17-11-4-2-3-5-12(11)18(8)13-6-9(15)10(16)7-14(13)19(20)21/h2-7H,1H3. The maximum absolute atomic E-state index is 11.3. The Morgan fingerprint density at radius 1 is 1.19 bits per heavy atom. The van der Waals surface area contributed by atoms with Crippen LogP contribution in [0.1, 0.15) is 5.82 Å². The molecule has 0 amide bonds. The van der Waals surface area contributed by atoms with Gasteiger partial charge in [0.05, 0.1) is 26.0 Å². The van der Waals surface area contributed by atoms with Crippen LogP contribution in [-0.2, 0) is 0 Å². The van der Waals surface area contributed by atoms with E-state index in [1.165, 1.54) is 12.1 Å². The van der Waals surface area contributed by atoms with Gasteiger partial charge < -0.3 is 0 Å². The van der Waals surface area contributed by atoms with Gasteiger partial charge in [0.15, 0.2) is 0 Å². The molecule has 7 heteroatoms. The minimum absolute atomic E-state index is 0.115. The molecule has 0 aliphatic carbocycles. The van der Waals surface area contributed by atoms with Crippen molar-refractivity contribution in [3.63, 3.8) is 0 Å². The smallest absolute Gasteiger partial charge is 0.290 e. The number of hydrogen-bond acceptors (Lipinski definition) is 3. The van der Waals surface area contributed by atoms with Gasteiger partial charge in [-0.25, -0.2) is 4.98 Å². The Balaban J connectivity index is 2.40. The number of fused-ring (bicyclic) bond motifs is 1. The van der Waals surface area contributed by atoms with Crippen molar-refractivity contribution in [1.29, 1.82) is 0 Å². The lowest BCUT2D eigenvalue weighted by atomic mass is 10.2. The van der Waals surface area contributed by atoms with Crippen LogP contribution in [0.25, 0.3) is 16.7 Å². The third kappa shape index (κ3) is 2.24. The van der Waals surface area contributed by atoms with Crippen LogP contribution in [-0.4, -0.2) is 14.5 Å². The van der Waals surface area contributed by atoms with Crippen LogP contribution >= 0.6 is 23.2 Å². The zero-order valence-corrected chi connectivity index (χ0v) is 12.4. The van der Waals surface area contributed by atoms with Gasteiger partial charge in [0.1, 0.15) is 11.5 Å². The molecule has 0 bridgehead atoms. The minimum atomic E-state index is -0.480. The van der Waals surface area contributed by atoms with E-state index in [1.54, 1.807) is 11.5 Å². The maximum atomic E-state index is 11.3. The molecule has 0 atom stereocenters. The van der Waals surface area contributed by atoms with Crippen LogP contribution in [0.5, 0.6) is 0 Å². The van der Waals surface area contributed by atoms with E-state index in [0.29, 0.717) is 11.5 Å². The van der Waals surface area contributed by atoms with E-state index in [1.807, 2.05) is 24.3 Å². The van der Waals surface area contributed by atoms with Crippen LogP contribution in [0, 0.1) is 17.0 Å². The zero-order valence-electron chi connectivity index (χ0n) is 10.9. The normalized spacial score (nSPS) is 11.0. The van der Waals surface area contributed by atoms with E-state index in [4.69, 9.17) is 23.2 Å². The molecule has 2 aromatic carbocycles. The molecule has 0 unspecified atom stereocenters. The number of aromatic nitrogens is 2. The number of nitrogens with zero attached hydrogens (tertiary/aromatic N) is 3. The van der Waals surface area contributed by atoms with E-state index in [-0.39, 0.29) is 15.7 Å². The summed E-state index contributed by atoms with van der Waals surface area (Å²) in [5.41, 5.74) is 1.77. The average molecular weight is 322 g/mol. The average Bonchev–Trinajstić information content (AvgIpc) is 2.77. The first-order chi connectivity index (χ1) is 9.99. The second-order valence-electron chi connectivity index (χ2n) is 4.50.